The monoisotopic (exact) mass is 913 g/mol. The fourth-order valence-corrected chi connectivity index (χ4v) is 7.02. The number of carbonyl (C=O) groups is 3. The average Bonchev–Trinajstić information content (AvgIpc) is 3.22. The number of hydrogen-bond acceptors (Lipinski definition) is 6. The van der Waals surface area contributed by atoms with E-state index in [2.05, 4.69) is 57.2 Å². The maximum absolute atomic E-state index is 10.2. The molecule has 0 unspecified atom stereocenters. The van der Waals surface area contributed by atoms with E-state index in [0.717, 1.165) is 57.8 Å². The summed E-state index contributed by atoms with van der Waals surface area (Å²) in [7, 11) is 0. The van der Waals surface area contributed by atoms with Crippen LogP contribution in [0.4, 0.5) is 0 Å². The quantitative estimate of drug-likeness (QED) is 0.0463. The van der Waals surface area contributed by atoms with E-state index in [0.29, 0.717) is 0 Å². The molecule has 0 N–H and O–H groups in total. The molecule has 0 aromatic carbocycles. The zero-order chi connectivity index (χ0) is 44.7. The molecule has 0 radical (unpaired) electrons. The summed E-state index contributed by atoms with van der Waals surface area (Å²) in [6.45, 7) is 6.77. The van der Waals surface area contributed by atoms with Crippen molar-refractivity contribution in [3.63, 3.8) is 0 Å². The molecule has 0 bridgehead atoms. The van der Waals surface area contributed by atoms with Gasteiger partial charge in [0, 0.05) is 17.9 Å². The predicted molar refractivity (Wildman–Crippen MR) is 253 cm³/mol. The molecule has 354 valence electrons. The fourth-order valence-electron chi connectivity index (χ4n) is 7.02. The first kappa shape index (κ1) is 75.2. The molecule has 6 nitrogen and oxygen atoms in total. The van der Waals surface area contributed by atoms with E-state index in [-0.39, 0.29) is 108 Å². The molecule has 0 saturated carbocycles. The third-order valence-electron chi connectivity index (χ3n) is 10.9. The minimum Gasteiger partial charge on any atom is -0.550 e. The maximum atomic E-state index is 10.2. The molecule has 0 aliphatic carbocycles. The summed E-state index contributed by atoms with van der Waals surface area (Å²) >= 11 is 0. The van der Waals surface area contributed by atoms with Gasteiger partial charge in [-0.15, -0.1) is 0 Å². The van der Waals surface area contributed by atoms with Crippen LogP contribution in [0.1, 0.15) is 290 Å². The number of allylic oxidation sites excluding steroid dienone is 6. The summed E-state index contributed by atoms with van der Waals surface area (Å²) in [5.41, 5.74) is 0. The first-order valence-electron chi connectivity index (χ1n) is 25.9. The molecule has 9 heteroatoms. The normalized spacial score (nSPS) is 10.7. The maximum Gasteiger partial charge on any atom is 1.00 e. The van der Waals surface area contributed by atoms with Crippen molar-refractivity contribution >= 4 is 17.9 Å². The molecule has 0 atom stereocenters. The van der Waals surface area contributed by atoms with Crippen LogP contribution >= 0.6 is 0 Å². The van der Waals surface area contributed by atoms with Crippen molar-refractivity contribution in [2.75, 3.05) is 0 Å². The first-order chi connectivity index (χ1) is 29.3. The molecule has 0 fully saturated rings. The van der Waals surface area contributed by atoms with Crippen LogP contribution in [0.25, 0.3) is 0 Å². The number of carbonyl (C=O) groups excluding carboxylic acids is 3. The van der Waals surface area contributed by atoms with Gasteiger partial charge in [-0.05, 0) is 116 Å². The van der Waals surface area contributed by atoms with Crippen molar-refractivity contribution in [2.45, 2.75) is 290 Å². The van der Waals surface area contributed by atoms with Crippen LogP contribution in [0.2, 0.25) is 0 Å². The average molecular weight is 913 g/mol. The molecular formula is C54H99Na3O6. The molecule has 0 spiro atoms. The van der Waals surface area contributed by atoms with Crippen LogP contribution in [-0.2, 0) is 14.4 Å². The van der Waals surface area contributed by atoms with E-state index >= 15 is 0 Å². The van der Waals surface area contributed by atoms with Crippen molar-refractivity contribution < 1.29 is 118 Å². The zero-order valence-corrected chi connectivity index (χ0v) is 49.1. The minimum absolute atomic E-state index is 0. The van der Waals surface area contributed by atoms with E-state index in [1.165, 1.54) is 193 Å². The van der Waals surface area contributed by atoms with Crippen molar-refractivity contribution in [2.24, 2.45) is 0 Å². The number of carboxylic acid groups (broad SMARTS) is 3. The molecular weight excluding hydrogens is 814 g/mol. The Kier molecular flexibility index (Phi) is 85.4. The van der Waals surface area contributed by atoms with E-state index in [9.17, 15) is 29.7 Å². The van der Waals surface area contributed by atoms with Gasteiger partial charge in [0.15, 0.2) is 0 Å². The predicted octanol–water partition coefficient (Wildman–Crippen LogP) is 5.33. The van der Waals surface area contributed by atoms with Gasteiger partial charge in [-0.2, -0.15) is 0 Å². The van der Waals surface area contributed by atoms with Crippen LogP contribution < -0.4 is 104 Å². The van der Waals surface area contributed by atoms with E-state index in [1.54, 1.807) is 0 Å². The third kappa shape index (κ3) is 86.4. The Labute approximate surface area is 458 Å². The van der Waals surface area contributed by atoms with E-state index < -0.39 is 17.9 Å². The van der Waals surface area contributed by atoms with Crippen molar-refractivity contribution in [3.05, 3.63) is 36.5 Å². The van der Waals surface area contributed by atoms with Crippen molar-refractivity contribution in [1.29, 1.82) is 0 Å². The standard InChI is InChI=1S/3C18H34O2.3Na/c3*1-2-3-4-5-6-7-8-9-10-11-12-13-14-15-16-17-18(19)20;;;/h3*9-10H,2-8,11-17H2,1H3,(H,19,20);;;/q;;;3*+1/p-3/b3*10-9-;;;. The largest absolute Gasteiger partial charge is 1.00 e. The second kappa shape index (κ2) is 71.6. The van der Waals surface area contributed by atoms with Crippen LogP contribution in [0.15, 0.2) is 36.5 Å². The molecule has 0 aromatic heterocycles. The summed E-state index contributed by atoms with van der Waals surface area (Å²) < 4.78 is 0. The minimum atomic E-state index is -0.914. The summed E-state index contributed by atoms with van der Waals surface area (Å²) in [5.74, 6) is -2.74. The molecule has 0 aromatic rings. The van der Waals surface area contributed by atoms with Gasteiger partial charge in [0.05, 0.1) is 0 Å². The summed E-state index contributed by atoms with van der Waals surface area (Å²) in [6.07, 6.45) is 62.7. The van der Waals surface area contributed by atoms with Gasteiger partial charge in [-0.25, -0.2) is 0 Å². The third-order valence-corrected chi connectivity index (χ3v) is 10.9. The molecule has 0 heterocycles. The zero-order valence-electron chi connectivity index (χ0n) is 43.1. The fraction of sp³-hybridized carbons (Fsp3) is 0.833. The number of unbranched alkanes of at least 4 members (excludes halogenated alkanes) is 33. The Morgan fingerprint density at radius 1 is 0.254 bits per heavy atom. The van der Waals surface area contributed by atoms with Crippen LogP contribution in [-0.4, -0.2) is 17.9 Å². The SMILES string of the molecule is CCCCCCCC/C=C\CCCCCCCC(=O)[O-].CCCCCCCC/C=C\CCCCCCCC(=O)[O-].CCCCCCCC/C=C\CCCCCCCC(=O)[O-].[Na+].[Na+].[Na+]. The van der Waals surface area contributed by atoms with Gasteiger partial charge in [0.1, 0.15) is 0 Å². The van der Waals surface area contributed by atoms with Gasteiger partial charge < -0.3 is 29.7 Å². The Bertz CT molecular complexity index is 837. The smallest absolute Gasteiger partial charge is 0.550 e. The molecule has 0 aliphatic rings. The second-order valence-electron chi connectivity index (χ2n) is 17.1. The second-order valence-corrected chi connectivity index (χ2v) is 17.1. The first-order valence-corrected chi connectivity index (χ1v) is 25.9. The Balaban J connectivity index is -0.000000189. The van der Waals surface area contributed by atoms with Crippen LogP contribution in [0.5, 0.6) is 0 Å². The molecule has 0 saturated heterocycles. The molecule has 0 aliphatic heterocycles. The summed E-state index contributed by atoms with van der Waals surface area (Å²) in [4.78, 5) is 30.6. The topological polar surface area (TPSA) is 120 Å². The van der Waals surface area contributed by atoms with E-state index in [4.69, 9.17) is 0 Å². The summed E-state index contributed by atoms with van der Waals surface area (Å²) in [5, 5.41) is 30.6. The van der Waals surface area contributed by atoms with Crippen LogP contribution in [0, 0.1) is 0 Å². The van der Waals surface area contributed by atoms with Gasteiger partial charge >= 0.3 is 88.7 Å². The Morgan fingerprint density at radius 3 is 0.556 bits per heavy atom. The van der Waals surface area contributed by atoms with Crippen LogP contribution in [0.3, 0.4) is 0 Å². The van der Waals surface area contributed by atoms with Crippen molar-refractivity contribution in [3.8, 4) is 0 Å². The molecule has 0 amide bonds. The number of carboxylic acids is 3. The molecule has 63 heavy (non-hydrogen) atoms. The van der Waals surface area contributed by atoms with Gasteiger partial charge in [0.2, 0.25) is 0 Å². The Hall–Kier alpha value is 0.630. The Morgan fingerprint density at radius 2 is 0.397 bits per heavy atom. The summed E-state index contributed by atoms with van der Waals surface area (Å²) in [6, 6.07) is 0. The van der Waals surface area contributed by atoms with Crippen molar-refractivity contribution in [1.82, 2.24) is 0 Å². The number of aliphatic carboxylic acids is 3. The van der Waals surface area contributed by atoms with Gasteiger partial charge in [-0.1, -0.05) is 211 Å². The van der Waals surface area contributed by atoms with Gasteiger partial charge in [-0.3, -0.25) is 0 Å². The van der Waals surface area contributed by atoms with Gasteiger partial charge in [0.25, 0.3) is 0 Å². The van der Waals surface area contributed by atoms with E-state index in [1.807, 2.05) is 0 Å². The number of hydrogen-bond donors (Lipinski definition) is 0. The number of rotatable bonds is 45. The molecule has 0 rings (SSSR count).